The van der Waals surface area contributed by atoms with Gasteiger partial charge >= 0.3 is 24.4 Å². The number of anilines is 1. The summed E-state index contributed by atoms with van der Waals surface area (Å²) >= 11 is 6.77. The SMILES string of the molecule is Cc1cc(NC(=O)c2ccc(C3=CCN(C(=NC(=O)OC(C)(C)C)NC(=O)OC(C)(C)C)CC3)c(Cl)c2)ccc1C1=CCN(C(=NC(=O)OC(C)(C)C)NC(=O)OC(C)(C)C)CC1. The number of nitrogens with zero attached hydrogens (tertiary/aromatic N) is 4. The summed E-state index contributed by atoms with van der Waals surface area (Å²) < 4.78 is 21.5. The van der Waals surface area contributed by atoms with E-state index in [1.165, 1.54) is 0 Å². The largest absolute Gasteiger partial charge is 0.444 e. The van der Waals surface area contributed by atoms with Crippen molar-refractivity contribution in [2.24, 2.45) is 9.98 Å². The maximum Gasteiger partial charge on any atom is 0.437 e. The first kappa shape index (κ1) is 49.8. The number of hydrogen-bond acceptors (Lipinski definition) is 9. The quantitative estimate of drug-likeness (QED) is 0.151. The van der Waals surface area contributed by atoms with Gasteiger partial charge in [0.25, 0.3) is 5.91 Å². The van der Waals surface area contributed by atoms with Crippen LogP contribution in [0.1, 0.15) is 123 Å². The Balaban J connectivity index is 1.43. The number of rotatable bonds is 4. The van der Waals surface area contributed by atoms with Gasteiger partial charge in [0.1, 0.15) is 22.4 Å². The van der Waals surface area contributed by atoms with Crippen LogP contribution in [0.4, 0.5) is 24.9 Å². The van der Waals surface area contributed by atoms with E-state index in [9.17, 15) is 24.0 Å². The van der Waals surface area contributed by atoms with Crippen molar-refractivity contribution in [3.63, 3.8) is 0 Å². The second-order valence-electron chi connectivity index (χ2n) is 19.1. The fourth-order valence-corrected chi connectivity index (χ4v) is 6.62. The van der Waals surface area contributed by atoms with Gasteiger partial charge in [0, 0.05) is 42.5 Å². The number of alkyl carbamates (subject to hydrolysis) is 2. The molecule has 2 aliphatic heterocycles. The Morgan fingerprint density at radius 1 is 0.603 bits per heavy atom. The number of halogens is 1. The number of amides is 5. The van der Waals surface area contributed by atoms with E-state index in [4.69, 9.17) is 30.5 Å². The number of ether oxygens (including phenoxy) is 4. The molecule has 2 aliphatic rings. The maximum absolute atomic E-state index is 13.4. The summed E-state index contributed by atoms with van der Waals surface area (Å²) in [5.74, 6) is -0.302. The predicted octanol–water partition coefficient (Wildman–Crippen LogP) is 9.71. The van der Waals surface area contributed by atoms with E-state index in [-0.39, 0.29) is 17.8 Å². The van der Waals surface area contributed by atoms with Crippen molar-refractivity contribution in [2.75, 3.05) is 31.5 Å². The second kappa shape index (κ2) is 20.1. The predicted molar refractivity (Wildman–Crippen MR) is 245 cm³/mol. The van der Waals surface area contributed by atoms with Crippen LogP contribution >= 0.6 is 11.6 Å². The molecule has 5 amide bonds. The summed E-state index contributed by atoms with van der Waals surface area (Å²) in [5, 5.41) is 8.57. The Morgan fingerprint density at radius 2 is 1.03 bits per heavy atom. The molecule has 0 fully saturated rings. The van der Waals surface area contributed by atoms with Crippen molar-refractivity contribution in [3.8, 4) is 0 Å². The van der Waals surface area contributed by atoms with Gasteiger partial charge in [-0.15, -0.1) is 9.98 Å². The van der Waals surface area contributed by atoms with Crippen molar-refractivity contribution in [2.45, 2.75) is 125 Å². The molecule has 0 radical (unpaired) electrons. The molecule has 0 bridgehead atoms. The average Bonchev–Trinajstić information content (AvgIpc) is 3.11. The molecule has 17 heteroatoms. The minimum atomic E-state index is -0.851. The summed E-state index contributed by atoms with van der Waals surface area (Å²) in [6, 6.07) is 10.8. The molecule has 4 rings (SSSR count). The van der Waals surface area contributed by atoms with E-state index >= 15 is 0 Å². The van der Waals surface area contributed by atoms with Gasteiger partial charge in [-0.2, -0.15) is 0 Å². The molecular formula is C46H62ClN7O9. The van der Waals surface area contributed by atoms with Gasteiger partial charge in [0.15, 0.2) is 0 Å². The fraction of sp³-hybridized carbons (Fsp3) is 0.500. The third kappa shape index (κ3) is 16.4. The fourth-order valence-electron chi connectivity index (χ4n) is 6.32. The molecule has 2 heterocycles. The number of aryl methyl sites for hydroxylation is 1. The number of nitrogens with one attached hydrogen (secondary N) is 3. The average molecular weight is 892 g/mol. The number of benzene rings is 2. The van der Waals surface area contributed by atoms with E-state index < -0.39 is 46.8 Å². The van der Waals surface area contributed by atoms with Gasteiger partial charge in [-0.1, -0.05) is 35.9 Å². The molecule has 0 aromatic heterocycles. The molecule has 16 nitrogen and oxygen atoms in total. The van der Waals surface area contributed by atoms with Crippen LogP contribution in [0.2, 0.25) is 5.02 Å². The van der Waals surface area contributed by atoms with Gasteiger partial charge < -0.3 is 34.1 Å². The first-order chi connectivity index (χ1) is 29.0. The van der Waals surface area contributed by atoms with E-state index in [1.54, 1.807) is 111 Å². The molecule has 2 aromatic rings. The van der Waals surface area contributed by atoms with Gasteiger partial charge in [-0.05, 0) is 155 Å². The summed E-state index contributed by atoms with van der Waals surface area (Å²) in [6.07, 6.45) is 1.83. The third-order valence-electron chi connectivity index (χ3n) is 8.83. The molecule has 0 atom stereocenters. The van der Waals surface area contributed by atoms with Gasteiger partial charge in [-0.25, -0.2) is 19.2 Å². The minimum Gasteiger partial charge on any atom is -0.444 e. The van der Waals surface area contributed by atoms with E-state index in [1.807, 2.05) is 37.3 Å². The molecule has 0 saturated carbocycles. The molecular weight excluding hydrogens is 830 g/mol. The van der Waals surface area contributed by atoms with Gasteiger partial charge in [0.05, 0.1) is 0 Å². The van der Waals surface area contributed by atoms with Crippen LogP contribution in [0.5, 0.6) is 0 Å². The normalized spacial score (nSPS) is 15.4. The highest BCUT2D eigenvalue weighted by molar-refractivity contribution is 6.33. The Kier molecular flexibility index (Phi) is 15.9. The van der Waals surface area contributed by atoms with E-state index in [2.05, 4.69) is 25.9 Å². The van der Waals surface area contributed by atoms with Crippen LogP contribution in [0.25, 0.3) is 11.1 Å². The minimum absolute atomic E-state index is 0.00249. The third-order valence-corrected chi connectivity index (χ3v) is 9.14. The first-order valence-corrected chi connectivity index (χ1v) is 21.2. The van der Waals surface area contributed by atoms with Crippen LogP contribution in [0.15, 0.2) is 58.5 Å². The Hall–Kier alpha value is -5.90. The van der Waals surface area contributed by atoms with Crippen molar-refractivity contribution < 1.29 is 42.9 Å². The first-order valence-electron chi connectivity index (χ1n) is 20.8. The second-order valence-corrected chi connectivity index (χ2v) is 19.5. The lowest BCUT2D eigenvalue weighted by molar-refractivity contribution is 0.0536. The van der Waals surface area contributed by atoms with Crippen LogP contribution < -0.4 is 16.0 Å². The van der Waals surface area contributed by atoms with Crippen molar-refractivity contribution in [3.05, 3.63) is 75.8 Å². The summed E-state index contributed by atoms with van der Waals surface area (Å²) in [5.41, 5.74) is 2.57. The standard InChI is InChI=1S/C46H62ClN7O9/c1-28-26-32(15-17-33(28)29-18-22-53(23-19-29)37(49-39(56)60-43(2,3)4)50-40(57)61-44(5,6)7)48-36(55)31-14-16-34(35(47)27-31)30-20-24-54(25-21-30)38(51-41(58)62-45(8,9)10)52-42(59)63-46(11,12)13/h14-18,20,26-27H,19,21-25H2,1-13H3,(H,48,55)(H,49,50,56,57)(H,51,52,58,59). The number of guanidine groups is 2. The monoisotopic (exact) mass is 891 g/mol. The lowest BCUT2D eigenvalue weighted by Gasteiger charge is -2.30. The maximum atomic E-state index is 13.4. The van der Waals surface area contributed by atoms with Crippen LogP contribution in [-0.2, 0) is 18.9 Å². The van der Waals surface area contributed by atoms with Crippen LogP contribution in [-0.4, -0.2) is 101 Å². The lowest BCUT2D eigenvalue weighted by Crippen LogP contribution is -2.48. The van der Waals surface area contributed by atoms with Crippen molar-refractivity contribution in [1.82, 2.24) is 20.4 Å². The van der Waals surface area contributed by atoms with Gasteiger partial charge in [-0.3, -0.25) is 15.4 Å². The van der Waals surface area contributed by atoms with Crippen LogP contribution in [0.3, 0.4) is 0 Å². The lowest BCUT2D eigenvalue weighted by atomic mass is 9.95. The Labute approximate surface area is 375 Å². The zero-order valence-electron chi connectivity index (χ0n) is 38.7. The molecule has 0 saturated heterocycles. The zero-order chi connectivity index (χ0) is 47.1. The molecule has 0 unspecified atom stereocenters. The molecule has 0 spiro atoms. The number of carbonyl (C=O) groups excluding carboxylic acids is 5. The van der Waals surface area contributed by atoms with E-state index in [0.29, 0.717) is 55.3 Å². The Bertz CT molecular complexity index is 2200. The summed E-state index contributed by atoms with van der Waals surface area (Å²) in [7, 11) is 0. The highest BCUT2D eigenvalue weighted by Crippen LogP contribution is 2.31. The molecule has 342 valence electrons. The number of aliphatic imine (C=N–C) groups is 2. The highest BCUT2D eigenvalue weighted by atomic mass is 35.5. The number of hydrogen-bond donors (Lipinski definition) is 3. The smallest absolute Gasteiger partial charge is 0.437 e. The van der Waals surface area contributed by atoms with Crippen molar-refractivity contribution in [1.29, 1.82) is 0 Å². The molecule has 63 heavy (non-hydrogen) atoms. The zero-order valence-corrected chi connectivity index (χ0v) is 39.5. The van der Waals surface area contributed by atoms with Crippen LogP contribution in [0, 0.1) is 6.92 Å². The molecule has 2 aromatic carbocycles. The number of carbonyl (C=O) groups is 5. The highest BCUT2D eigenvalue weighted by Gasteiger charge is 2.27. The summed E-state index contributed by atoms with van der Waals surface area (Å²) in [4.78, 5) is 75.6. The Morgan fingerprint density at radius 3 is 1.41 bits per heavy atom. The molecule has 3 N–H and O–H groups in total. The van der Waals surface area contributed by atoms with Crippen molar-refractivity contribution >= 4 is 70.6 Å². The van der Waals surface area contributed by atoms with E-state index in [0.717, 1.165) is 27.8 Å². The molecule has 0 aliphatic carbocycles. The topological polar surface area (TPSA) is 190 Å². The summed E-state index contributed by atoms with van der Waals surface area (Å²) in [6.45, 7) is 24.2. The van der Waals surface area contributed by atoms with Gasteiger partial charge in [0.2, 0.25) is 11.9 Å².